The zero-order valence-corrected chi connectivity index (χ0v) is 27.8. The fourth-order valence-electron chi connectivity index (χ4n) is 8.80. The van der Waals surface area contributed by atoms with Gasteiger partial charge in [-0.2, -0.15) is 0 Å². The largest absolute Gasteiger partial charge is 0.310 e. The summed E-state index contributed by atoms with van der Waals surface area (Å²) in [5, 5.41) is 0. The predicted octanol–water partition coefficient (Wildman–Crippen LogP) is 12.9. The smallest absolute Gasteiger partial charge is 0.0726 e. The fourth-order valence-corrected chi connectivity index (χ4v) is 8.80. The van der Waals surface area contributed by atoms with E-state index in [1.807, 2.05) is 0 Å². The van der Waals surface area contributed by atoms with Crippen molar-refractivity contribution in [3.8, 4) is 33.4 Å². The molecule has 0 amide bonds. The van der Waals surface area contributed by atoms with Crippen LogP contribution in [-0.4, -0.2) is 0 Å². The first-order valence-electron chi connectivity index (χ1n) is 17.7. The summed E-state index contributed by atoms with van der Waals surface area (Å²) in [5.74, 6) is 0. The Kier molecular flexibility index (Phi) is 6.60. The van der Waals surface area contributed by atoms with Crippen LogP contribution in [-0.2, 0) is 5.41 Å². The lowest BCUT2D eigenvalue weighted by atomic mass is 9.70. The van der Waals surface area contributed by atoms with E-state index >= 15 is 0 Å². The lowest BCUT2D eigenvalue weighted by Crippen LogP contribution is -2.26. The number of rotatable bonds is 5. The van der Waals surface area contributed by atoms with Crippen LogP contribution in [0.25, 0.3) is 39.0 Å². The summed E-state index contributed by atoms with van der Waals surface area (Å²) in [6.45, 7) is 0. The first kappa shape index (κ1) is 28.8. The van der Waals surface area contributed by atoms with Gasteiger partial charge in [0.25, 0.3) is 0 Å². The van der Waals surface area contributed by atoms with Gasteiger partial charge in [-0.1, -0.05) is 158 Å². The third-order valence-electron chi connectivity index (χ3n) is 10.9. The molecule has 50 heavy (non-hydrogen) atoms. The quantitative estimate of drug-likeness (QED) is 0.181. The number of nitrogens with zero attached hydrogens (tertiary/aromatic N) is 1. The molecule has 1 heteroatoms. The molecular formula is C49H35N. The summed E-state index contributed by atoms with van der Waals surface area (Å²) in [6, 6.07) is 63.0. The third kappa shape index (κ3) is 4.20. The summed E-state index contributed by atoms with van der Waals surface area (Å²) in [6.07, 6.45) is 9.11. The van der Waals surface area contributed by atoms with Crippen LogP contribution in [0.3, 0.4) is 0 Å². The maximum atomic E-state index is 2.46. The summed E-state index contributed by atoms with van der Waals surface area (Å²) < 4.78 is 0. The SMILES string of the molecule is C1=CC(c2ccc(N(c3ccc(-c4ccccc4)cc3)c3cccc4c3-c3ccccc3C43c4ccccc4-c4ccccc43)cc2)=CCC1. The van der Waals surface area contributed by atoms with E-state index in [9.17, 15) is 0 Å². The van der Waals surface area contributed by atoms with Crippen LogP contribution in [0.1, 0.15) is 40.7 Å². The van der Waals surface area contributed by atoms with Crippen LogP contribution >= 0.6 is 0 Å². The number of benzene rings is 7. The topological polar surface area (TPSA) is 3.24 Å². The van der Waals surface area contributed by atoms with Crippen LogP contribution < -0.4 is 4.90 Å². The maximum Gasteiger partial charge on any atom is 0.0726 e. The second-order valence-electron chi connectivity index (χ2n) is 13.5. The number of hydrogen-bond acceptors (Lipinski definition) is 1. The average molecular weight is 638 g/mol. The molecule has 0 fully saturated rings. The minimum absolute atomic E-state index is 0.387. The standard InChI is InChI=1S/C49H35N/c1-3-14-34(15-4-1)36-26-30-38(31-27-36)50(39-32-28-37(29-33-39)35-16-5-2-6-17-35)47-25-13-24-46-48(47)42-20-9-12-23-45(42)49(46)43-21-10-7-18-40(43)41-19-8-11-22-44(41)49/h1,3-5,7-33H,2,6H2. The van der Waals surface area contributed by atoms with Gasteiger partial charge in [0.15, 0.2) is 0 Å². The zero-order chi connectivity index (χ0) is 33.1. The molecule has 0 aromatic heterocycles. The molecule has 236 valence electrons. The van der Waals surface area contributed by atoms with Crippen molar-refractivity contribution in [3.05, 3.63) is 216 Å². The molecule has 0 saturated heterocycles. The lowest BCUT2D eigenvalue weighted by molar-refractivity contribution is 0.794. The molecule has 3 aliphatic carbocycles. The van der Waals surface area contributed by atoms with Gasteiger partial charge in [-0.15, -0.1) is 0 Å². The van der Waals surface area contributed by atoms with Crippen LogP contribution in [0.5, 0.6) is 0 Å². The van der Waals surface area contributed by atoms with Crippen molar-refractivity contribution in [1.82, 2.24) is 0 Å². The van der Waals surface area contributed by atoms with E-state index in [0.717, 1.165) is 24.2 Å². The molecule has 0 atom stereocenters. The van der Waals surface area contributed by atoms with Crippen LogP contribution in [0, 0.1) is 0 Å². The number of anilines is 3. The summed E-state index contributed by atoms with van der Waals surface area (Å²) in [4.78, 5) is 2.46. The molecule has 0 saturated carbocycles. The van der Waals surface area contributed by atoms with Gasteiger partial charge in [-0.05, 0) is 104 Å². The van der Waals surface area contributed by atoms with Gasteiger partial charge in [0.1, 0.15) is 0 Å². The molecule has 0 bridgehead atoms. The van der Waals surface area contributed by atoms with Crippen LogP contribution in [0.15, 0.2) is 188 Å². The van der Waals surface area contributed by atoms with Gasteiger partial charge in [-0.3, -0.25) is 0 Å². The second kappa shape index (κ2) is 11.5. The average Bonchev–Trinajstić information content (AvgIpc) is 3.67. The molecule has 10 rings (SSSR count). The molecule has 1 nitrogen and oxygen atoms in total. The molecule has 1 spiro atoms. The first-order chi connectivity index (χ1) is 24.8. The van der Waals surface area contributed by atoms with Crippen molar-refractivity contribution in [2.75, 3.05) is 4.90 Å². The highest BCUT2D eigenvalue weighted by Gasteiger charge is 2.52. The molecule has 7 aromatic rings. The summed E-state index contributed by atoms with van der Waals surface area (Å²) in [5.41, 5.74) is 18.7. The predicted molar refractivity (Wildman–Crippen MR) is 209 cm³/mol. The van der Waals surface area contributed by atoms with Gasteiger partial charge in [-0.25, -0.2) is 0 Å². The van der Waals surface area contributed by atoms with Crippen LogP contribution in [0.2, 0.25) is 0 Å². The number of fused-ring (bicyclic) bond motifs is 10. The van der Waals surface area contributed by atoms with Crippen molar-refractivity contribution >= 4 is 22.6 Å². The Balaban J connectivity index is 1.21. The van der Waals surface area contributed by atoms with E-state index < -0.39 is 0 Å². The molecule has 0 N–H and O–H groups in total. The van der Waals surface area contributed by atoms with Crippen molar-refractivity contribution in [2.24, 2.45) is 0 Å². The van der Waals surface area contributed by atoms with Gasteiger partial charge < -0.3 is 4.90 Å². The normalized spacial score (nSPS) is 14.4. The zero-order valence-electron chi connectivity index (χ0n) is 27.8. The van der Waals surface area contributed by atoms with Crippen LogP contribution in [0.4, 0.5) is 17.1 Å². The highest BCUT2D eigenvalue weighted by molar-refractivity contribution is 6.01. The minimum atomic E-state index is -0.387. The Morgan fingerprint density at radius 1 is 0.400 bits per heavy atom. The van der Waals surface area contributed by atoms with Crippen molar-refractivity contribution in [1.29, 1.82) is 0 Å². The van der Waals surface area contributed by atoms with Gasteiger partial charge in [0.05, 0.1) is 11.1 Å². The second-order valence-corrected chi connectivity index (χ2v) is 13.5. The molecule has 0 aliphatic heterocycles. The number of allylic oxidation sites excluding steroid dienone is 4. The van der Waals surface area contributed by atoms with E-state index in [-0.39, 0.29) is 5.41 Å². The monoisotopic (exact) mass is 637 g/mol. The molecule has 7 aromatic carbocycles. The van der Waals surface area contributed by atoms with Crippen molar-refractivity contribution in [2.45, 2.75) is 18.3 Å². The molecule has 0 unspecified atom stereocenters. The Hall–Kier alpha value is -6.18. The Morgan fingerprint density at radius 2 is 0.920 bits per heavy atom. The third-order valence-corrected chi connectivity index (χ3v) is 10.9. The fraction of sp³-hybridized carbons (Fsp3) is 0.0612. The highest BCUT2D eigenvalue weighted by atomic mass is 15.1. The maximum absolute atomic E-state index is 2.46. The van der Waals surface area contributed by atoms with E-state index in [2.05, 4.69) is 193 Å². The molecular weight excluding hydrogens is 603 g/mol. The van der Waals surface area contributed by atoms with E-state index in [1.165, 1.54) is 72.5 Å². The lowest BCUT2D eigenvalue weighted by Gasteiger charge is -2.32. The Bertz CT molecular complexity index is 2420. The Morgan fingerprint density at radius 3 is 1.54 bits per heavy atom. The molecule has 0 radical (unpaired) electrons. The highest BCUT2D eigenvalue weighted by Crippen LogP contribution is 2.64. The summed E-state index contributed by atoms with van der Waals surface area (Å²) >= 11 is 0. The minimum Gasteiger partial charge on any atom is -0.310 e. The first-order valence-corrected chi connectivity index (χ1v) is 17.7. The summed E-state index contributed by atoms with van der Waals surface area (Å²) in [7, 11) is 0. The molecule has 3 aliphatic rings. The Labute approximate surface area is 294 Å². The molecule has 0 heterocycles. The van der Waals surface area contributed by atoms with Gasteiger partial charge >= 0.3 is 0 Å². The number of hydrogen-bond donors (Lipinski definition) is 0. The van der Waals surface area contributed by atoms with Crippen molar-refractivity contribution < 1.29 is 0 Å². The van der Waals surface area contributed by atoms with Crippen molar-refractivity contribution in [3.63, 3.8) is 0 Å². The van der Waals surface area contributed by atoms with E-state index in [1.54, 1.807) is 0 Å². The van der Waals surface area contributed by atoms with E-state index in [4.69, 9.17) is 0 Å². The van der Waals surface area contributed by atoms with Gasteiger partial charge in [0, 0.05) is 16.9 Å². The van der Waals surface area contributed by atoms with E-state index in [0.29, 0.717) is 0 Å². The van der Waals surface area contributed by atoms with Gasteiger partial charge in [0.2, 0.25) is 0 Å².